The Bertz CT molecular complexity index is 1010. The Kier molecular flexibility index (Phi) is 10.1. The number of nitrogens with one attached hydrogen (secondary N) is 2. The highest BCUT2D eigenvalue weighted by Gasteiger charge is 2.30. The third kappa shape index (κ3) is 6.26. The van der Waals surface area contributed by atoms with Crippen LogP contribution in [-0.4, -0.2) is 24.9 Å². The summed E-state index contributed by atoms with van der Waals surface area (Å²) in [6.07, 6.45) is 2.74. The van der Waals surface area contributed by atoms with Crippen molar-refractivity contribution in [2.75, 3.05) is 13.1 Å². The summed E-state index contributed by atoms with van der Waals surface area (Å²) >= 11 is 0. The summed E-state index contributed by atoms with van der Waals surface area (Å²) in [7, 11) is 0. The molecule has 0 aliphatic heterocycles. The lowest BCUT2D eigenvalue weighted by Crippen LogP contribution is -2.28. The van der Waals surface area contributed by atoms with Crippen LogP contribution in [0.1, 0.15) is 59.2 Å². The van der Waals surface area contributed by atoms with Gasteiger partial charge in [-0.25, -0.2) is 43.9 Å². The van der Waals surface area contributed by atoms with Gasteiger partial charge in [0.15, 0.2) is 46.5 Å². The number of unbranched alkanes of at least 4 members (excludes halogenated alkanes) is 5. The fraction of sp³-hybridized carbons (Fsp3) is 0.364. The molecule has 0 saturated heterocycles. The summed E-state index contributed by atoms with van der Waals surface area (Å²) in [6.45, 7) is -0.230. The van der Waals surface area contributed by atoms with Crippen LogP contribution in [0.5, 0.6) is 0 Å². The van der Waals surface area contributed by atoms with Gasteiger partial charge in [0, 0.05) is 13.1 Å². The van der Waals surface area contributed by atoms with Crippen molar-refractivity contribution in [3.8, 4) is 0 Å². The van der Waals surface area contributed by atoms with E-state index < -0.39 is 81.1 Å². The molecule has 0 bridgehead atoms. The van der Waals surface area contributed by atoms with Crippen molar-refractivity contribution < 1.29 is 53.5 Å². The van der Waals surface area contributed by atoms with Gasteiger partial charge < -0.3 is 10.6 Å². The Hall–Kier alpha value is -3.32. The zero-order valence-electron chi connectivity index (χ0n) is 18.3. The van der Waals surface area contributed by atoms with Gasteiger partial charge in [0.2, 0.25) is 11.6 Å². The van der Waals surface area contributed by atoms with Crippen LogP contribution in [0.3, 0.4) is 0 Å². The van der Waals surface area contributed by atoms with E-state index in [9.17, 15) is 53.5 Å². The molecule has 0 heterocycles. The zero-order chi connectivity index (χ0) is 27.2. The molecule has 198 valence electrons. The van der Waals surface area contributed by atoms with Crippen LogP contribution in [-0.2, 0) is 0 Å². The lowest BCUT2D eigenvalue weighted by Gasteiger charge is -2.10. The van der Waals surface area contributed by atoms with Crippen molar-refractivity contribution >= 4 is 11.8 Å². The maximum absolute atomic E-state index is 13.6. The predicted octanol–water partition coefficient (Wildman–Crippen LogP) is 5.58. The first-order chi connectivity index (χ1) is 16.9. The van der Waals surface area contributed by atoms with Gasteiger partial charge in [0.1, 0.15) is 11.1 Å². The molecular formula is C22H18F10N2O2. The van der Waals surface area contributed by atoms with Crippen molar-refractivity contribution in [1.29, 1.82) is 0 Å². The number of hydrogen-bond acceptors (Lipinski definition) is 2. The van der Waals surface area contributed by atoms with Crippen molar-refractivity contribution in [3.63, 3.8) is 0 Å². The summed E-state index contributed by atoms with van der Waals surface area (Å²) in [6, 6.07) is 0. The molecule has 2 N–H and O–H groups in total. The van der Waals surface area contributed by atoms with Gasteiger partial charge in [-0.05, 0) is 12.8 Å². The zero-order valence-corrected chi connectivity index (χ0v) is 18.3. The second-order valence-corrected chi connectivity index (χ2v) is 7.52. The Labute approximate surface area is 197 Å². The molecule has 4 nitrogen and oxygen atoms in total. The van der Waals surface area contributed by atoms with E-state index in [4.69, 9.17) is 0 Å². The van der Waals surface area contributed by atoms with Crippen LogP contribution in [0, 0.1) is 58.2 Å². The number of hydrogen-bond donors (Lipinski definition) is 2. The molecule has 36 heavy (non-hydrogen) atoms. The number of carbonyl (C=O) groups excluding carboxylic acids is 2. The number of carbonyl (C=O) groups is 2. The monoisotopic (exact) mass is 532 g/mol. The van der Waals surface area contributed by atoms with Crippen LogP contribution in [0.25, 0.3) is 0 Å². The van der Waals surface area contributed by atoms with Crippen LogP contribution in [0.2, 0.25) is 0 Å². The molecule has 0 radical (unpaired) electrons. The summed E-state index contributed by atoms with van der Waals surface area (Å²) < 4.78 is 133. The third-order valence-electron chi connectivity index (χ3n) is 5.05. The van der Waals surface area contributed by atoms with Crippen LogP contribution >= 0.6 is 0 Å². The fourth-order valence-electron chi connectivity index (χ4n) is 3.15. The molecule has 0 aliphatic rings. The number of amides is 2. The SMILES string of the molecule is O=C(NCCCCCCCCNC(=O)c1c(F)c(F)c(F)c(F)c1F)c1c(F)c(F)c(F)c(F)c1F. The van der Waals surface area contributed by atoms with E-state index in [0.717, 1.165) is 0 Å². The fourth-order valence-corrected chi connectivity index (χ4v) is 3.15. The Morgan fingerprint density at radius 2 is 0.611 bits per heavy atom. The topological polar surface area (TPSA) is 58.2 Å². The average Bonchev–Trinajstić information content (AvgIpc) is 2.85. The standard InChI is InChI=1S/C22H18F10N2O2/c23-11-9(12(24)16(28)19(31)15(11)27)21(35)33-7-5-3-1-2-4-6-8-34-22(36)10-13(25)17(29)20(32)18(30)14(10)26/h1-8H2,(H,33,35)(H,34,36). The highest BCUT2D eigenvalue weighted by molar-refractivity contribution is 5.95. The van der Waals surface area contributed by atoms with Gasteiger partial charge in [-0.1, -0.05) is 25.7 Å². The van der Waals surface area contributed by atoms with E-state index in [0.29, 0.717) is 38.5 Å². The average molecular weight is 532 g/mol. The normalized spacial score (nSPS) is 11.1. The summed E-state index contributed by atoms with van der Waals surface area (Å²) in [5.74, 6) is -25.6. The minimum absolute atomic E-state index is 0.115. The molecule has 0 aliphatic carbocycles. The lowest BCUT2D eigenvalue weighted by molar-refractivity contribution is 0.0932. The van der Waals surface area contributed by atoms with Crippen LogP contribution in [0.15, 0.2) is 0 Å². The van der Waals surface area contributed by atoms with Crippen LogP contribution in [0.4, 0.5) is 43.9 Å². The van der Waals surface area contributed by atoms with Gasteiger partial charge in [0.25, 0.3) is 11.8 Å². The first-order valence-electron chi connectivity index (χ1n) is 10.5. The summed E-state index contributed by atoms with van der Waals surface area (Å²) in [5.41, 5.74) is -3.17. The molecule has 0 saturated carbocycles. The highest BCUT2D eigenvalue weighted by atomic mass is 19.2. The number of rotatable bonds is 11. The van der Waals surface area contributed by atoms with E-state index in [2.05, 4.69) is 10.6 Å². The maximum Gasteiger partial charge on any atom is 0.257 e. The molecule has 0 atom stereocenters. The molecule has 0 spiro atoms. The lowest BCUT2D eigenvalue weighted by atomic mass is 10.1. The summed E-state index contributed by atoms with van der Waals surface area (Å²) in [4.78, 5) is 23.5. The highest BCUT2D eigenvalue weighted by Crippen LogP contribution is 2.24. The number of halogens is 10. The van der Waals surface area contributed by atoms with E-state index in [1.165, 1.54) is 0 Å². The minimum Gasteiger partial charge on any atom is -0.352 e. The maximum atomic E-state index is 13.6. The van der Waals surface area contributed by atoms with Gasteiger partial charge >= 0.3 is 0 Å². The quantitative estimate of drug-likeness (QED) is 0.172. The Morgan fingerprint density at radius 3 is 0.889 bits per heavy atom. The van der Waals surface area contributed by atoms with E-state index in [1.54, 1.807) is 0 Å². The Balaban J connectivity index is 1.67. The van der Waals surface area contributed by atoms with Gasteiger partial charge in [0.05, 0.1) is 0 Å². The predicted molar refractivity (Wildman–Crippen MR) is 105 cm³/mol. The molecule has 0 unspecified atom stereocenters. The van der Waals surface area contributed by atoms with Gasteiger partial charge in [-0.15, -0.1) is 0 Å². The molecule has 2 rings (SSSR count). The van der Waals surface area contributed by atoms with Crippen LogP contribution < -0.4 is 10.6 Å². The van der Waals surface area contributed by atoms with E-state index >= 15 is 0 Å². The second-order valence-electron chi connectivity index (χ2n) is 7.52. The van der Waals surface area contributed by atoms with Crippen molar-refractivity contribution in [1.82, 2.24) is 10.6 Å². The Morgan fingerprint density at radius 1 is 0.389 bits per heavy atom. The van der Waals surface area contributed by atoms with Crippen molar-refractivity contribution in [3.05, 3.63) is 69.3 Å². The molecule has 14 heteroatoms. The van der Waals surface area contributed by atoms with Crippen molar-refractivity contribution in [2.24, 2.45) is 0 Å². The summed E-state index contributed by atoms with van der Waals surface area (Å²) in [5, 5.41) is 4.11. The largest absolute Gasteiger partial charge is 0.352 e. The third-order valence-corrected chi connectivity index (χ3v) is 5.05. The molecule has 2 aromatic carbocycles. The van der Waals surface area contributed by atoms with Crippen molar-refractivity contribution in [2.45, 2.75) is 38.5 Å². The minimum atomic E-state index is -2.38. The number of benzene rings is 2. The first-order valence-corrected chi connectivity index (χ1v) is 10.5. The van der Waals surface area contributed by atoms with E-state index in [1.807, 2.05) is 0 Å². The first kappa shape index (κ1) is 28.9. The van der Waals surface area contributed by atoms with Gasteiger partial charge in [-0.3, -0.25) is 9.59 Å². The molecule has 2 amide bonds. The smallest absolute Gasteiger partial charge is 0.257 e. The second kappa shape index (κ2) is 12.6. The molecular weight excluding hydrogens is 514 g/mol. The molecule has 0 fully saturated rings. The van der Waals surface area contributed by atoms with Gasteiger partial charge in [-0.2, -0.15) is 0 Å². The van der Waals surface area contributed by atoms with E-state index in [-0.39, 0.29) is 13.1 Å². The molecule has 2 aromatic rings. The molecule has 0 aromatic heterocycles.